The molecule has 0 amide bonds. The van der Waals surface area contributed by atoms with Crippen molar-refractivity contribution in [2.24, 2.45) is 0 Å². The second kappa shape index (κ2) is 2.76. The van der Waals surface area contributed by atoms with Gasteiger partial charge in [0.1, 0.15) is 11.5 Å². The summed E-state index contributed by atoms with van der Waals surface area (Å²) >= 11 is 0. The number of halogens is 3. The molecule has 0 fully saturated rings. The SMILES string of the molecule is Fc1cnc2[nH]c(C(F)F)cc2c1. The molecule has 0 aliphatic rings. The van der Waals surface area contributed by atoms with Gasteiger partial charge in [-0.05, 0) is 12.1 Å². The second-order valence-electron chi connectivity index (χ2n) is 2.62. The highest BCUT2D eigenvalue weighted by atomic mass is 19.3. The number of aromatic nitrogens is 2. The lowest BCUT2D eigenvalue weighted by Crippen LogP contribution is -1.82. The van der Waals surface area contributed by atoms with E-state index in [2.05, 4.69) is 9.97 Å². The molecule has 2 aromatic heterocycles. The van der Waals surface area contributed by atoms with E-state index in [1.807, 2.05) is 0 Å². The number of alkyl halides is 2. The van der Waals surface area contributed by atoms with E-state index < -0.39 is 12.2 Å². The second-order valence-corrected chi connectivity index (χ2v) is 2.62. The van der Waals surface area contributed by atoms with Gasteiger partial charge in [-0.3, -0.25) is 0 Å². The first-order chi connectivity index (χ1) is 6.16. The Morgan fingerprint density at radius 1 is 1.31 bits per heavy atom. The van der Waals surface area contributed by atoms with Crippen molar-refractivity contribution in [2.75, 3.05) is 0 Å². The molecule has 0 unspecified atom stereocenters. The minimum Gasteiger partial charge on any atom is -0.338 e. The minimum absolute atomic E-state index is 0.242. The van der Waals surface area contributed by atoms with Gasteiger partial charge < -0.3 is 4.98 Å². The predicted octanol–water partition coefficient (Wildman–Crippen LogP) is 2.64. The van der Waals surface area contributed by atoms with E-state index in [1.54, 1.807) is 0 Å². The fourth-order valence-electron chi connectivity index (χ4n) is 1.13. The van der Waals surface area contributed by atoms with Gasteiger partial charge in [-0.1, -0.05) is 0 Å². The van der Waals surface area contributed by atoms with E-state index in [9.17, 15) is 13.2 Å². The highest BCUT2D eigenvalue weighted by Crippen LogP contribution is 2.22. The van der Waals surface area contributed by atoms with Crippen LogP contribution in [0.2, 0.25) is 0 Å². The molecule has 2 aromatic rings. The predicted molar refractivity (Wildman–Crippen MR) is 41.0 cm³/mol. The van der Waals surface area contributed by atoms with Crippen molar-refractivity contribution >= 4 is 11.0 Å². The van der Waals surface area contributed by atoms with E-state index in [0.29, 0.717) is 5.39 Å². The molecular formula is C8H5F3N2. The molecule has 1 N–H and O–H groups in total. The Morgan fingerprint density at radius 2 is 2.08 bits per heavy atom. The zero-order valence-corrected chi connectivity index (χ0v) is 6.39. The molecule has 0 aromatic carbocycles. The zero-order chi connectivity index (χ0) is 9.42. The average Bonchev–Trinajstić information content (AvgIpc) is 2.46. The van der Waals surface area contributed by atoms with Gasteiger partial charge >= 0.3 is 0 Å². The third kappa shape index (κ3) is 1.37. The highest BCUT2D eigenvalue weighted by Gasteiger charge is 2.11. The monoisotopic (exact) mass is 186 g/mol. The molecule has 0 bridgehead atoms. The van der Waals surface area contributed by atoms with Crippen LogP contribution in [0, 0.1) is 5.82 Å². The van der Waals surface area contributed by atoms with E-state index in [4.69, 9.17) is 0 Å². The van der Waals surface area contributed by atoms with Crippen molar-refractivity contribution < 1.29 is 13.2 Å². The molecule has 2 rings (SSSR count). The molecule has 0 atom stereocenters. The Morgan fingerprint density at radius 3 is 2.77 bits per heavy atom. The van der Waals surface area contributed by atoms with Crippen LogP contribution < -0.4 is 0 Å². The number of H-pyrrole nitrogens is 1. The maximum Gasteiger partial charge on any atom is 0.278 e. The molecular weight excluding hydrogens is 181 g/mol. The third-order valence-electron chi connectivity index (χ3n) is 1.69. The minimum atomic E-state index is -2.59. The Balaban J connectivity index is 2.62. The molecule has 0 saturated heterocycles. The van der Waals surface area contributed by atoms with Crippen molar-refractivity contribution in [1.82, 2.24) is 9.97 Å². The van der Waals surface area contributed by atoms with Crippen molar-refractivity contribution in [3.63, 3.8) is 0 Å². The molecule has 13 heavy (non-hydrogen) atoms. The number of nitrogens with one attached hydrogen (secondary N) is 1. The van der Waals surface area contributed by atoms with Crippen LogP contribution in [0.1, 0.15) is 12.1 Å². The van der Waals surface area contributed by atoms with Crippen LogP contribution in [0.5, 0.6) is 0 Å². The highest BCUT2D eigenvalue weighted by molar-refractivity contribution is 5.76. The fraction of sp³-hybridized carbons (Fsp3) is 0.125. The molecule has 0 aliphatic heterocycles. The standard InChI is InChI=1S/C8H5F3N2/c9-5-1-4-2-6(7(10)11)13-8(4)12-3-5/h1-3,7H,(H,12,13). The van der Waals surface area contributed by atoms with Crippen molar-refractivity contribution in [3.05, 3.63) is 29.8 Å². The van der Waals surface area contributed by atoms with Crippen LogP contribution in [0.25, 0.3) is 11.0 Å². The Hall–Kier alpha value is -1.52. The van der Waals surface area contributed by atoms with Gasteiger partial charge in [0.15, 0.2) is 0 Å². The van der Waals surface area contributed by atoms with Gasteiger partial charge in [0.2, 0.25) is 0 Å². The molecule has 68 valence electrons. The van der Waals surface area contributed by atoms with Crippen LogP contribution in [0.3, 0.4) is 0 Å². The lowest BCUT2D eigenvalue weighted by atomic mass is 10.3. The van der Waals surface area contributed by atoms with E-state index in [1.165, 1.54) is 6.07 Å². The first kappa shape index (κ1) is 8.10. The summed E-state index contributed by atoms with van der Waals surface area (Å²) in [7, 11) is 0. The van der Waals surface area contributed by atoms with Gasteiger partial charge in [0, 0.05) is 5.39 Å². The van der Waals surface area contributed by atoms with Crippen molar-refractivity contribution in [1.29, 1.82) is 0 Å². The fourth-order valence-corrected chi connectivity index (χ4v) is 1.13. The van der Waals surface area contributed by atoms with Gasteiger partial charge in [-0.15, -0.1) is 0 Å². The largest absolute Gasteiger partial charge is 0.338 e. The number of nitrogens with zero attached hydrogens (tertiary/aromatic N) is 1. The summed E-state index contributed by atoms with van der Waals surface area (Å²) in [5.41, 5.74) is 0.0322. The Kier molecular flexibility index (Phi) is 1.72. The van der Waals surface area contributed by atoms with Crippen molar-refractivity contribution in [3.8, 4) is 0 Å². The summed E-state index contributed by atoms with van der Waals surface area (Å²) in [4.78, 5) is 6.01. The molecule has 2 nitrogen and oxygen atoms in total. The maximum absolute atomic E-state index is 12.6. The molecule has 0 radical (unpaired) electrons. The summed E-state index contributed by atoms with van der Waals surface area (Å²) in [5, 5.41) is 0.357. The summed E-state index contributed by atoms with van der Waals surface area (Å²) in [6, 6.07) is 2.35. The first-order valence-electron chi connectivity index (χ1n) is 3.59. The Bertz CT molecular complexity index is 436. The van der Waals surface area contributed by atoms with E-state index >= 15 is 0 Å². The number of fused-ring (bicyclic) bond motifs is 1. The smallest absolute Gasteiger partial charge is 0.278 e. The zero-order valence-electron chi connectivity index (χ0n) is 6.39. The molecule has 5 heteroatoms. The summed E-state index contributed by atoms with van der Waals surface area (Å²) in [6.45, 7) is 0. The van der Waals surface area contributed by atoms with Crippen LogP contribution >= 0.6 is 0 Å². The molecule has 0 saturated carbocycles. The van der Waals surface area contributed by atoms with Crippen LogP contribution in [0.15, 0.2) is 18.3 Å². The average molecular weight is 186 g/mol. The number of hydrogen-bond donors (Lipinski definition) is 1. The molecule has 0 spiro atoms. The van der Waals surface area contributed by atoms with Crippen LogP contribution in [-0.2, 0) is 0 Å². The van der Waals surface area contributed by atoms with Crippen molar-refractivity contribution in [2.45, 2.75) is 6.43 Å². The maximum atomic E-state index is 12.6. The quantitative estimate of drug-likeness (QED) is 0.728. The number of pyridine rings is 1. The Labute approximate surface area is 71.4 Å². The van der Waals surface area contributed by atoms with Gasteiger partial charge in [0.25, 0.3) is 6.43 Å². The van der Waals surface area contributed by atoms with Gasteiger partial charge in [0.05, 0.1) is 11.9 Å². The first-order valence-corrected chi connectivity index (χ1v) is 3.59. The topological polar surface area (TPSA) is 28.7 Å². The lowest BCUT2D eigenvalue weighted by Gasteiger charge is -1.89. The van der Waals surface area contributed by atoms with Gasteiger partial charge in [-0.25, -0.2) is 18.2 Å². The summed E-state index contributed by atoms with van der Waals surface area (Å²) < 4.78 is 36.9. The van der Waals surface area contributed by atoms with Crippen LogP contribution in [-0.4, -0.2) is 9.97 Å². The normalized spacial score (nSPS) is 11.4. The number of rotatable bonds is 1. The lowest BCUT2D eigenvalue weighted by molar-refractivity contribution is 0.147. The van der Waals surface area contributed by atoms with Gasteiger partial charge in [-0.2, -0.15) is 0 Å². The molecule has 0 aliphatic carbocycles. The van der Waals surface area contributed by atoms with E-state index in [0.717, 1.165) is 12.3 Å². The summed E-state index contributed by atoms with van der Waals surface area (Å²) in [6.07, 6.45) is -1.61. The number of hydrogen-bond acceptors (Lipinski definition) is 1. The van der Waals surface area contributed by atoms with Crippen LogP contribution in [0.4, 0.5) is 13.2 Å². The van der Waals surface area contributed by atoms with E-state index in [-0.39, 0.29) is 11.3 Å². The number of aromatic amines is 1. The molecule has 2 heterocycles. The summed E-state index contributed by atoms with van der Waals surface area (Å²) in [5.74, 6) is -0.535. The third-order valence-corrected chi connectivity index (χ3v) is 1.69.